The van der Waals surface area contributed by atoms with Gasteiger partial charge in [0.2, 0.25) is 0 Å². The molecule has 0 radical (unpaired) electrons. The van der Waals surface area contributed by atoms with Gasteiger partial charge in [-0.25, -0.2) is 19.0 Å². The van der Waals surface area contributed by atoms with Gasteiger partial charge in [0, 0.05) is 0 Å². The lowest BCUT2D eigenvalue weighted by Crippen LogP contribution is -2.52. The van der Waals surface area contributed by atoms with E-state index in [1.165, 1.54) is 18.4 Å². The molecule has 2 aromatic heterocycles. The first-order valence-electron chi connectivity index (χ1n) is 11.3. The molecule has 188 valence electrons. The molecule has 2 heterocycles. The van der Waals surface area contributed by atoms with Crippen LogP contribution in [0, 0.1) is 6.92 Å². The van der Waals surface area contributed by atoms with E-state index in [2.05, 4.69) is 0 Å². The number of rotatable bonds is 9. The molecule has 1 atom stereocenters. The van der Waals surface area contributed by atoms with E-state index in [9.17, 15) is 24.3 Å². The molecule has 0 unspecified atom stereocenters. The number of carbonyl (C=O) groups excluding carboxylic acids is 1. The second kappa shape index (κ2) is 10.2. The third-order valence-corrected chi connectivity index (χ3v) is 7.01. The number of carboxylic acid groups (broad SMARTS) is 1. The minimum absolute atomic E-state index is 0.00965. The zero-order valence-corrected chi connectivity index (χ0v) is 21.5. The number of benzene rings is 1. The molecule has 0 amide bonds. The Balaban J connectivity index is 2.38. The van der Waals surface area contributed by atoms with Crippen molar-refractivity contribution in [2.24, 2.45) is 0 Å². The Bertz CT molecular complexity index is 1370. The number of carbonyl (C=O) groups is 2. The highest BCUT2D eigenvalue weighted by atomic mass is 32.1. The fourth-order valence-electron chi connectivity index (χ4n) is 3.88. The van der Waals surface area contributed by atoms with Crippen LogP contribution in [-0.2, 0) is 26.4 Å². The summed E-state index contributed by atoms with van der Waals surface area (Å²) in [5, 5.41) is 9.93. The summed E-state index contributed by atoms with van der Waals surface area (Å²) in [5.41, 5.74) is -2.23. The summed E-state index contributed by atoms with van der Waals surface area (Å²) < 4.78 is 13.3. The largest absolute Gasteiger partial charge is 0.480 e. The predicted molar refractivity (Wildman–Crippen MR) is 133 cm³/mol. The Morgan fingerprint density at radius 3 is 2.31 bits per heavy atom. The van der Waals surface area contributed by atoms with Crippen LogP contribution in [0.4, 0.5) is 0 Å². The molecule has 10 heteroatoms. The van der Waals surface area contributed by atoms with E-state index in [0.29, 0.717) is 5.56 Å². The number of thiophene rings is 1. The average molecular weight is 503 g/mol. The first-order valence-corrected chi connectivity index (χ1v) is 12.1. The van der Waals surface area contributed by atoms with E-state index >= 15 is 0 Å². The first-order chi connectivity index (χ1) is 16.4. The quantitative estimate of drug-likeness (QED) is 0.444. The number of ether oxygens (including phenoxy) is 2. The van der Waals surface area contributed by atoms with Crippen LogP contribution in [0.25, 0.3) is 10.2 Å². The number of aliphatic carboxylic acids is 1. The van der Waals surface area contributed by atoms with Crippen LogP contribution in [0.5, 0.6) is 0 Å². The summed E-state index contributed by atoms with van der Waals surface area (Å²) in [5.74, 6) is -1.94. The van der Waals surface area contributed by atoms with Gasteiger partial charge in [0.25, 0.3) is 5.56 Å². The van der Waals surface area contributed by atoms with Crippen molar-refractivity contribution in [1.82, 2.24) is 9.13 Å². The minimum Gasteiger partial charge on any atom is -0.480 e. The number of aryl methyl sites for hydroxylation is 1. The molecule has 0 aliphatic heterocycles. The van der Waals surface area contributed by atoms with Gasteiger partial charge >= 0.3 is 17.6 Å². The summed E-state index contributed by atoms with van der Waals surface area (Å²) in [6, 6.07) is 9.32. The average Bonchev–Trinajstić information content (AvgIpc) is 3.13. The van der Waals surface area contributed by atoms with E-state index in [-0.39, 0.29) is 34.3 Å². The molecule has 0 bridgehead atoms. The van der Waals surface area contributed by atoms with Gasteiger partial charge in [0.05, 0.1) is 24.6 Å². The van der Waals surface area contributed by atoms with Crippen molar-refractivity contribution >= 4 is 33.5 Å². The maximum absolute atomic E-state index is 13.7. The lowest BCUT2D eigenvalue weighted by atomic mass is 10.1. The highest BCUT2D eigenvalue weighted by Crippen LogP contribution is 2.31. The first kappa shape index (κ1) is 26.4. The van der Waals surface area contributed by atoms with Crippen molar-refractivity contribution in [1.29, 1.82) is 0 Å². The molecular weight excluding hydrogens is 472 g/mol. The Morgan fingerprint density at radius 1 is 1.14 bits per heavy atom. The van der Waals surface area contributed by atoms with Crippen molar-refractivity contribution in [2.75, 3.05) is 6.61 Å². The van der Waals surface area contributed by atoms with Gasteiger partial charge in [0.15, 0.2) is 0 Å². The molecule has 0 aliphatic carbocycles. The van der Waals surface area contributed by atoms with Crippen LogP contribution in [-0.4, -0.2) is 38.9 Å². The van der Waals surface area contributed by atoms with Crippen molar-refractivity contribution in [2.45, 2.75) is 65.8 Å². The maximum atomic E-state index is 13.7. The Labute approximate surface area is 206 Å². The number of nitrogens with zero attached hydrogens (tertiary/aromatic N) is 2. The van der Waals surface area contributed by atoms with Crippen molar-refractivity contribution in [3.05, 3.63) is 67.2 Å². The van der Waals surface area contributed by atoms with E-state index < -0.39 is 34.8 Å². The molecular formula is C25H30N2O7S. The predicted octanol–water partition coefficient (Wildman–Crippen LogP) is 3.70. The number of hydrogen-bond donors (Lipinski definition) is 1. The summed E-state index contributed by atoms with van der Waals surface area (Å²) in [7, 11) is 0. The summed E-state index contributed by atoms with van der Waals surface area (Å²) >= 11 is 0.983. The highest BCUT2D eigenvalue weighted by Gasteiger charge is 2.36. The molecule has 1 N–H and O–H groups in total. The second-order valence-electron chi connectivity index (χ2n) is 8.94. The van der Waals surface area contributed by atoms with E-state index in [4.69, 9.17) is 9.47 Å². The summed E-state index contributed by atoms with van der Waals surface area (Å²) in [6.45, 7) is 9.76. The smallest absolute Gasteiger partial charge is 0.348 e. The number of hydrogen-bond acceptors (Lipinski definition) is 7. The van der Waals surface area contributed by atoms with Crippen molar-refractivity contribution in [3.8, 4) is 0 Å². The molecule has 0 saturated carbocycles. The fraction of sp³-hybridized carbons (Fsp3) is 0.440. The van der Waals surface area contributed by atoms with E-state index in [1.807, 2.05) is 44.2 Å². The number of aromatic nitrogens is 2. The SMILES string of the molecule is CCOC(=O)c1sc2c(c1C)c(=O)n(C(C)(C)C(=O)O)c(=O)n2C[C@@H](OC(C)C)c1ccccc1. The van der Waals surface area contributed by atoms with Crippen molar-refractivity contribution in [3.63, 3.8) is 0 Å². The molecule has 1 aromatic carbocycles. The zero-order valence-electron chi connectivity index (χ0n) is 20.7. The molecule has 9 nitrogen and oxygen atoms in total. The molecule has 0 aliphatic rings. The molecule has 0 fully saturated rings. The number of esters is 1. The fourth-order valence-corrected chi connectivity index (χ4v) is 5.07. The standard InChI is InChI=1S/C25H30N2O7S/c1-7-33-22(29)19-15(4)18-20(28)27(25(5,6)23(30)31)24(32)26(21(18)35-19)13-17(34-14(2)3)16-11-9-8-10-12-16/h8-12,14,17H,7,13H2,1-6H3,(H,30,31)/t17-/m1/s1. The third kappa shape index (κ3) is 4.94. The number of fused-ring (bicyclic) bond motifs is 1. The van der Waals surface area contributed by atoms with Crippen LogP contribution >= 0.6 is 11.3 Å². The number of carboxylic acids is 1. The Morgan fingerprint density at radius 2 is 1.77 bits per heavy atom. The van der Waals surface area contributed by atoms with Crippen LogP contribution in [0.2, 0.25) is 0 Å². The zero-order chi connectivity index (χ0) is 26.1. The lowest BCUT2D eigenvalue weighted by Gasteiger charge is -2.26. The Hall–Kier alpha value is -3.24. The summed E-state index contributed by atoms with van der Waals surface area (Å²) in [4.78, 5) is 52.3. The van der Waals surface area contributed by atoms with Crippen LogP contribution < -0.4 is 11.2 Å². The second-order valence-corrected chi connectivity index (χ2v) is 9.94. The molecule has 3 aromatic rings. The van der Waals surface area contributed by atoms with Gasteiger partial charge in [-0.15, -0.1) is 11.3 Å². The van der Waals surface area contributed by atoms with Gasteiger partial charge in [0.1, 0.15) is 21.4 Å². The van der Waals surface area contributed by atoms with E-state index in [0.717, 1.165) is 21.5 Å². The monoisotopic (exact) mass is 502 g/mol. The van der Waals surface area contributed by atoms with Crippen LogP contribution in [0.3, 0.4) is 0 Å². The van der Waals surface area contributed by atoms with Gasteiger partial charge in [-0.05, 0) is 52.7 Å². The van der Waals surface area contributed by atoms with E-state index in [1.54, 1.807) is 13.8 Å². The molecule has 3 rings (SSSR count). The summed E-state index contributed by atoms with van der Waals surface area (Å²) in [6.07, 6.45) is -0.739. The third-order valence-electron chi connectivity index (χ3n) is 5.71. The maximum Gasteiger partial charge on any atom is 0.348 e. The molecule has 0 spiro atoms. The van der Waals surface area contributed by atoms with Gasteiger partial charge < -0.3 is 14.6 Å². The van der Waals surface area contributed by atoms with Crippen LogP contribution in [0.1, 0.15) is 61.5 Å². The minimum atomic E-state index is -1.83. The van der Waals surface area contributed by atoms with Crippen molar-refractivity contribution < 1.29 is 24.2 Å². The molecule has 0 saturated heterocycles. The highest BCUT2D eigenvalue weighted by molar-refractivity contribution is 7.20. The van der Waals surface area contributed by atoms with Gasteiger partial charge in [-0.3, -0.25) is 9.36 Å². The van der Waals surface area contributed by atoms with Gasteiger partial charge in [-0.2, -0.15) is 0 Å². The molecule has 35 heavy (non-hydrogen) atoms. The topological polar surface area (TPSA) is 117 Å². The van der Waals surface area contributed by atoms with Crippen LogP contribution in [0.15, 0.2) is 39.9 Å². The van der Waals surface area contributed by atoms with Gasteiger partial charge in [-0.1, -0.05) is 30.3 Å². The Kier molecular flexibility index (Phi) is 7.66. The lowest BCUT2D eigenvalue weighted by molar-refractivity contribution is -0.146. The normalized spacial score (nSPS) is 12.8.